The molecule has 0 saturated carbocycles. The second-order valence-corrected chi connectivity index (χ2v) is 12.7. The number of nitrogens with zero attached hydrogens (tertiary/aromatic N) is 1. The van der Waals surface area contributed by atoms with E-state index < -0.39 is 0 Å². The molecule has 0 N–H and O–H groups in total. The van der Waals surface area contributed by atoms with Crippen LogP contribution in [0.1, 0.15) is 52.7 Å². The minimum Gasteiger partial charge on any atom is -0.309 e. The van der Waals surface area contributed by atoms with Crippen LogP contribution in [0.5, 0.6) is 0 Å². The van der Waals surface area contributed by atoms with Gasteiger partial charge in [-0.3, -0.25) is 0 Å². The van der Waals surface area contributed by atoms with Crippen molar-refractivity contribution in [2.45, 2.75) is 52.4 Å². The van der Waals surface area contributed by atoms with Crippen LogP contribution in [-0.2, 0) is 10.8 Å². The number of rotatable bonds is 3. The molecule has 1 heterocycles. The zero-order chi connectivity index (χ0) is 27.4. The average molecular weight is 508 g/mol. The predicted octanol–water partition coefficient (Wildman–Crippen LogP) is 10.7. The molecular formula is C38H37N. The molecule has 39 heavy (non-hydrogen) atoms. The number of benzene rings is 5. The van der Waals surface area contributed by atoms with Gasteiger partial charge in [-0.2, -0.15) is 0 Å². The molecule has 0 aliphatic carbocycles. The Kier molecular flexibility index (Phi) is 5.99. The van der Waals surface area contributed by atoms with E-state index in [2.05, 4.69) is 161 Å². The first-order chi connectivity index (χ1) is 18.6. The molecule has 0 unspecified atom stereocenters. The summed E-state index contributed by atoms with van der Waals surface area (Å²) >= 11 is 0. The lowest BCUT2D eigenvalue weighted by atomic mass is 9.74. The van der Waals surface area contributed by atoms with Crippen molar-refractivity contribution in [2.75, 3.05) is 0 Å². The van der Waals surface area contributed by atoms with Gasteiger partial charge in [-0.05, 0) is 78.9 Å². The third-order valence-corrected chi connectivity index (χ3v) is 7.79. The lowest BCUT2D eigenvalue weighted by molar-refractivity contribution is 0.593. The zero-order valence-electron chi connectivity index (χ0n) is 23.9. The Bertz CT molecular complexity index is 1730. The van der Waals surface area contributed by atoms with Gasteiger partial charge in [0.2, 0.25) is 0 Å². The zero-order valence-corrected chi connectivity index (χ0v) is 23.9. The number of fused-ring (bicyclic) bond motifs is 2. The molecule has 0 aliphatic heterocycles. The summed E-state index contributed by atoms with van der Waals surface area (Å²) in [5.74, 6) is 0. The monoisotopic (exact) mass is 507 g/mol. The minimum absolute atomic E-state index is 0.00757. The number of hydrogen-bond acceptors (Lipinski definition) is 0. The SMILES string of the molecule is CC(C)(C)c1c2ccccc2c(C(C)(C)C)c2cc(-n3c(-c4ccccc4)ccc3-c3ccccc3)ccc12. The van der Waals surface area contributed by atoms with Gasteiger partial charge in [0.05, 0.1) is 11.4 Å². The molecule has 1 nitrogen and oxygen atoms in total. The first-order valence-corrected chi connectivity index (χ1v) is 14.0. The quantitative estimate of drug-likeness (QED) is 0.210. The average Bonchev–Trinajstić information content (AvgIpc) is 3.36. The van der Waals surface area contributed by atoms with E-state index in [0.717, 1.165) is 0 Å². The summed E-state index contributed by atoms with van der Waals surface area (Å²) in [4.78, 5) is 0. The molecule has 0 aliphatic rings. The summed E-state index contributed by atoms with van der Waals surface area (Å²) < 4.78 is 2.43. The molecule has 6 aromatic rings. The Balaban J connectivity index is 1.74. The standard InChI is InChI=1S/C38H37N/c1-37(2,3)35-29-19-13-14-20-30(29)36(38(4,5)6)32-25-28(21-22-31(32)35)39-33(26-15-9-7-10-16-26)23-24-34(39)27-17-11-8-12-18-27/h7-25H,1-6H3. The Morgan fingerprint density at radius 2 is 0.821 bits per heavy atom. The van der Waals surface area contributed by atoms with Crippen molar-refractivity contribution in [1.29, 1.82) is 0 Å². The van der Waals surface area contributed by atoms with Gasteiger partial charge in [-0.15, -0.1) is 0 Å². The molecule has 0 amide bonds. The number of aromatic nitrogens is 1. The molecule has 0 saturated heterocycles. The summed E-state index contributed by atoms with van der Waals surface area (Å²) in [5.41, 5.74) is 8.83. The molecule has 1 aromatic heterocycles. The fourth-order valence-electron chi connectivity index (χ4n) is 6.30. The van der Waals surface area contributed by atoms with Crippen molar-refractivity contribution < 1.29 is 0 Å². The fourth-order valence-corrected chi connectivity index (χ4v) is 6.30. The van der Waals surface area contributed by atoms with Crippen LogP contribution >= 0.6 is 0 Å². The first kappa shape index (κ1) is 25.2. The lowest BCUT2D eigenvalue weighted by Gasteiger charge is -2.30. The van der Waals surface area contributed by atoms with Gasteiger partial charge >= 0.3 is 0 Å². The van der Waals surface area contributed by atoms with Crippen LogP contribution < -0.4 is 0 Å². The summed E-state index contributed by atoms with van der Waals surface area (Å²) in [6, 6.07) is 42.1. The third-order valence-electron chi connectivity index (χ3n) is 7.79. The van der Waals surface area contributed by atoms with Gasteiger partial charge in [-0.1, -0.05) is 133 Å². The molecule has 5 aromatic carbocycles. The molecule has 6 rings (SSSR count). The molecule has 0 bridgehead atoms. The molecule has 194 valence electrons. The van der Waals surface area contributed by atoms with E-state index in [1.807, 2.05) is 0 Å². The van der Waals surface area contributed by atoms with Gasteiger partial charge < -0.3 is 4.57 Å². The second-order valence-electron chi connectivity index (χ2n) is 12.7. The van der Waals surface area contributed by atoms with Crippen molar-refractivity contribution in [3.63, 3.8) is 0 Å². The summed E-state index contributed by atoms with van der Waals surface area (Å²) in [6.07, 6.45) is 0. The van der Waals surface area contributed by atoms with E-state index in [0.29, 0.717) is 0 Å². The van der Waals surface area contributed by atoms with Crippen LogP contribution in [0.2, 0.25) is 0 Å². The summed E-state index contributed by atoms with van der Waals surface area (Å²) in [7, 11) is 0. The third kappa shape index (κ3) is 4.36. The maximum absolute atomic E-state index is 2.44. The summed E-state index contributed by atoms with van der Waals surface area (Å²) in [6.45, 7) is 14.1. The van der Waals surface area contributed by atoms with E-state index in [1.54, 1.807) is 0 Å². The smallest absolute Gasteiger partial charge is 0.0535 e. The Labute approximate surface area is 232 Å². The highest BCUT2D eigenvalue weighted by molar-refractivity contribution is 6.08. The molecule has 0 radical (unpaired) electrons. The van der Waals surface area contributed by atoms with Crippen LogP contribution in [0.25, 0.3) is 49.7 Å². The largest absolute Gasteiger partial charge is 0.309 e. The topological polar surface area (TPSA) is 4.93 Å². The maximum Gasteiger partial charge on any atom is 0.0535 e. The highest BCUT2D eigenvalue weighted by atomic mass is 15.0. The normalized spacial score (nSPS) is 12.4. The molecule has 0 fully saturated rings. The highest BCUT2D eigenvalue weighted by Crippen LogP contribution is 2.44. The van der Waals surface area contributed by atoms with Crippen LogP contribution in [0.3, 0.4) is 0 Å². The predicted molar refractivity (Wildman–Crippen MR) is 169 cm³/mol. The molecular weight excluding hydrogens is 470 g/mol. The first-order valence-electron chi connectivity index (χ1n) is 14.0. The van der Waals surface area contributed by atoms with Crippen molar-refractivity contribution in [3.8, 4) is 28.2 Å². The Morgan fingerprint density at radius 1 is 0.410 bits per heavy atom. The van der Waals surface area contributed by atoms with Crippen LogP contribution in [0, 0.1) is 0 Å². The van der Waals surface area contributed by atoms with Crippen LogP contribution in [-0.4, -0.2) is 4.57 Å². The van der Waals surface area contributed by atoms with Crippen LogP contribution in [0.4, 0.5) is 0 Å². The van der Waals surface area contributed by atoms with Crippen molar-refractivity contribution in [2.24, 2.45) is 0 Å². The van der Waals surface area contributed by atoms with E-state index >= 15 is 0 Å². The van der Waals surface area contributed by atoms with Gasteiger partial charge in [0, 0.05) is 5.69 Å². The minimum atomic E-state index is -0.0197. The van der Waals surface area contributed by atoms with Crippen molar-refractivity contribution in [3.05, 3.63) is 126 Å². The second kappa shape index (κ2) is 9.27. The summed E-state index contributed by atoms with van der Waals surface area (Å²) in [5, 5.41) is 5.42. The molecule has 1 heteroatoms. The van der Waals surface area contributed by atoms with Gasteiger partial charge in [-0.25, -0.2) is 0 Å². The number of hydrogen-bond donors (Lipinski definition) is 0. The van der Waals surface area contributed by atoms with Gasteiger partial charge in [0.1, 0.15) is 0 Å². The highest BCUT2D eigenvalue weighted by Gasteiger charge is 2.27. The fraction of sp³-hybridized carbons (Fsp3) is 0.211. The van der Waals surface area contributed by atoms with Crippen molar-refractivity contribution in [1.82, 2.24) is 4.57 Å². The van der Waals surface area contributed by atoms with Gasteiger partial charge in [0.25, 0.3) is 0 Å². The van der Waals surface area contributed by atoms with E-state index in [-0.39, 0.29) is 10.8 Å². The Hall–Kier alpha value is -4.10. The van der Waals surface area contributed by atoms with Crippen molar-refractivity contribution >= 4 is 21.5 Å². The van der Waals surface area contributed by atoms with E-state index in [1.165, 1.54) is 60.9 Å². The molecule has 0 atom stereocenters. The van der Waals surface area contributed by atoms with E-state index in [9.17, 15) is 0 Å². The Morgan fingerprint density at radius 3 is 1.28 bits per heavy atom. The lowest BCUT2D eigenvalue weighted by Crippen LogP contribution is -2.17. The van der Waals surface area contributed by atoms with E-state index in [4.69, 9.17) is 0 Å². The van der Waals surface area contributed by atoms with Gasteiger partial charge in [0.15, 0.2) is 0 Å². The van der Waals surface area contributed by atoms with Crippen LogP contribution in [0.15, 0.2) is 115 Å². The molecule has 0 spiro atoms. The maximum atomic E-state index is 2.44.